The molecular formula is C33H53N5O5. The third-order valence-corrected chi connectivity index (χ3v) is 8.66. The minimum absolute atomic E-state index is 0.0813. The van der Waals surface area contributed by atoms with E-state index in [0.717, 1.165) is 25.7 Å². The monoisotopic (exact) mass is 599 g/mol. The maximum atomic E-state index is 14.2. The van der Waals surface area contributed by atoms with Gasteiger partial charge in [0.2, 0.25) is 17.6 Å². The van der Waals surface area contributed by atoms with Crippen molar-refractivity contribution in [3.8, 4) is 0 Å². The van der Waals surface area contributed by atoms with Gasteiger partial charge in [-0.3, -0.25) is 19.2 Å². The molecule has 43 heavy (non-hydrogen) atoms. The molecule has 10 heteroatoms. The first-order valence-electron chi connectivity index (χ1n) is 15.5. The van der Waals surface area contributed by atoms with Crippen LogP contribution in [0.2, 0.25) is 0 Å². The Morgan fingerprint density at radius 1 is 0.907 bits per heavy atom. The van der Waals surface area contributed by atoms with E-state index in [2.05, 4.69) is 41.0 Å². The number of allylic oxidation sites excluding steroid dienone is 2. The normalized spacial score (nSPS) is 20.4. The number of ketones is 1. The summed E-state index contributed by atoms with van der Waals surface area (Å²) in [5.41, 5.74) is -1.17. The fourth-order valence-electron chi connectivity index (χ4n) is 5.88. The fraction of sp³-hybridized carbons (Fsp3) is 0.667. The van der Waals surface area contributed by atoms with Gasteiger partial charge in [-0.25, -0.2) is 4.79 Å². The van der Waals surface area contributed by atoms with E-state index in [4.69, 9.17) is 0 Å². The Morgan fingerprint density at radius 3 is 2.09 bits per heavy atom. The van der Waals surface area contributed by atoms with Crippen molar-refractivity contribution in [3.05, 3.63) is 38.0 Å². The van der Waals surface area contributed by atoms with Gasteiger partial charge in [0, 0.05) is 19.1 Å². The van der Waals surface area contributed by atoms with E-state index in [9.17, 15) is 24.0 Å². The van der Waals surface area contributed by atoms with Gasteiger partial charge in [0.05, 0.1) is 6.04 Å². The molecule has 2 aliphatic rings. The zero-order chi connectivity index (χ0) is 32.4. The molecule has 10 nitrogen and oxygen atoms in total. The van der Waals surface area contributed by atoms with Crippen molar-refractivity contribution in [3.63, 3.8) is 0 Å². The Labute approximate surface area is 257 Å². The molecule has 0 bridgehead atoms. The summed E-state index contributed by atoms with van der Waals surface area (Å²) < 4.78 is 0. The van der Waals surface area contributed by atoms with Crippen LogP contribution in [-0.4, -0.2) is 71.7 Å². The van der Waals surface area contributed by atoms with Gasteiger partial charge in [-0.05, 0) is 55.3 Å². The Bertz CT molecular complexity index is 1060. The van der Waals surface area contributed by atoms with Crippen LogP contribution in [0.15, 0.2) is 38.0 Å². The molecule has 1 heterocycles. The maximum absolute atomic E-state index is 14.2. The number of nitrogens with zero attached hydrogens (tertiary/aromatic N) is 1. The zero-order valence-corrected chi connectivity index (χ0v) is 26.8. The SMILES string of the molecule is C=CCCNC(=O)C(=O)[C@H](CCC=C)NC(=O)[C@@H]1C(C(C)(C)C=C)CCN1C(=O)[C@@H](NC(=O)NC1CCCC1)C(C)(C)C. The average Bonchev–Trinajstić information content (AvgIpc) is 3.63. The number of carbonyl (C=O) groups excluding carboxylic acids is 5. The highest BCUT2D eigenvalue weighted by Crippen LogP contribution is 2.41. The van der Waals surface area contributed by atoms with E-state index >= 15 is 0 Å². The number of likely N-dealkylation sites (tertiary alicyclic amines) is 1. The van der Waals surface area contributed by atoms with E-state index < -0.39 is 52.6 Å². The number of hydrogen-bond donors (Lipinski definition) is 4. The minimum Gasteiger partial charge on any atom is -0.349 e. The molecule has 1 unspecified atom stereocenters. The molecule has 1 saturated carbocycles. The topological polar surface area (TPSA) is 137 Å². The summed E-state index contributed by atoms with van der Waals surface area (Å²) in [5, 5.41) is 11.2. The lowest BCUT2D eigenvalue weighted by Crippen LogP contribution is -2.61. The van der Waals surface area contributed by atoms with E-state index in [0.29, 0.717) is 25.8 Å². The van der Waals surface area contributed by atoms with Crippen molar-refractivity contribution >= 4 is 29.5 Å². The molecular weight excluding hydrogens is 546 g/mol. The lowest BCUT2D eigenvalue weighted by atomic mass is 9.74. The summed E-state index contributed by atoms with van der Waals surface area (Å²) in [7, 11) is 0. The van der Waals surface area contributed by atoms with E-state index in [-0.39, 0.29) is 30.8 Å². The van der Waals surface area contributed by atoms with Gasteiger partial charge in [-0.2, -0.15) is 0 Å². The summed E-state index contributed by atoms with van der Waals surface area (Å²) in [6.07, 6.45) is 10.6. The molecule has 5 amide bonds. The van der Waals surface area contributed by atoms with Crippen molar-refractivity contribution in [1.29, 1.82) is 0 Å². The number of hydrogen-bond acceptors (Lipinski definition) is 5. The Balaban J connectivity index is 2.36. The van der Waals surface area contributed by atoms with Crippen LogP contribution in [0.3, 0.4) is 0 Å². The summed E-state index contributed by atoms with van der Waals surface area (Å²) in [4.78, 5) is 68.5. The van der Waals surface area contributed by atoms with Crippen LogP contribution in [0.25, 0.3) is 0 Å². The van der Waals surface area contributed by atoms with Crippen molar-refractivity contribution in [2.45, 2.75) is 110 Å². The lowest BCUT2D eigenvalue weighted by Gasteiger charge is -2.39. The summed E-state index contributed by atoms with van der Waals surface area (Å²) >= 11 is 0. The van der Waals surface area contributed by atoms with Crippen molar-refractivity contribution in [2.24, 2.45) is 16.7 Å². The Morgan fingerprint density at radius 2 is 1.53 bits per heavy atom. The summed E-state index contributed by atoms with van der Waals surface area (Å²) in [6, 6.07) is -3.25. The van der Waals surface area contributed by atoms with Crippen LogP contribution >= 0.6 is 0 Å². The van der Waals surface area contributed by atoms with E-state index in [1.165, 1.54) is 4.90 Å². The second-order valence-corrected chi connectivity index (χ2v) is 13.4. The van der Waals surface area contributed by atoms with Gasteiger partial charge in [0.25, 0.3) is 5.91 Å². The molecule has 2 rings (SSSR count). The Hall–Kier alpha value is -3.43. The number of nitrogens with one attached hydrogen (secondary N) is 4. The summed E-state index contributed by atoms with van der Waals surface area (Å²) in [5.74, 6) is -2.74. The van der Waals surface area contributed by atoms with Gasteiger partial charge in [-0.1, -0.05) is 65.7 Å². The summed E-state index contributed by atoms with van der Waals surface area (Å²) in [6.45, 7) is 21.4. The Kier molecular flexibility index (Phi) is 13.2. The molecule has 4 atom stereocenters. The molecule has 1 saturated heterocycles. The van der Waals surface area contributed by atoms with Crippen molar-refractivity contribution < 1.29 is 24.0 Å². The van der Waals surface area contributed by atoms with Crippen LogP contribution in [0, 0.1) is 16.7 Å². The second kappa shape index (κ2) is 15.9. The van der Waals surface area contributed by atoms with Gasteiger partial charge in [-0.15, -0.1) is 19.7 Å². The van der Waals surface area contributed by atoms with Crippen LogP contribution in [0.1, 0.15) is 86.0 Å². The number of rotatable bonds is 15. The number of Topliss-reactive ketones (excluding diaryl/α,β-unsaturated/α-hetero) is 1. The molecule has 0 aromatic carbocycles. The van der Waals surface area contributed by atoms with Gasteiger partial charge < -0.3 is 26.2 Å². The molecule has 240 valence electrons. The molecule has 0 spiro atoms. The highest BCUT2D eigenvalue weighted by molar-refractivity contribution is 6.38. The molecule has 1 aliphatic heterocycles. The van der Waals surface area contributed by atoms with Crippen LogP contribution in [0.5, 0.6) is 0 Å². The molecule has 0 aromatic heterocycles. The van der Waals surface area contributed by atoms with E-state index in [1.807, 2.05) is 34.6 Å². The maximum Gasteiger partial charge on any atom is 0.315 e. The third-order valence-electron chi connectivity index (χ3n) is 8.66. The fourth-order valence-corrected chi connectivity index (χ4v) is 5.88. The molecule has 2 fully saturated rings. The third kappa shape index (κ3) is 9.79. The molecule has 1 aliphatic carbocycles. The highest BCUT2D eigenvalue weighted by Gasteiger charge is 2.50. The van der Waals surface area contributed by atoms with Crippen LogP contribution in [0.4, 0.5) is 4.79 Å². The van der Waals surface area contributed by atoms with Gasteiger partial charge in [0.15, 0.2) is 0 Å². The first kappa shape index (κ1) is 35.8. The standard InChI is InChI=1S/C33H53N5O5/c1-9-12-18-24(26(39)29(41)34-20-13-10-2)36-28(40)25-23(33(7,8)11-3)19-21-38(25)30(42)27(32(4,5)6)37-31(43)35-22-16-14-15-17-22/h9-11,22-25,27H,1-3,12-21H2,4-8H3,(H,34,41)(H,36,40)(H2,35,37,43)/t23?,24-,25-,27+/m0/s1. The molecule has 0 radical (unpaired) electrons. The number of urea groups is 1. The molecule has 4 N–H and O–H groups in total. The average molecular weight is 600 g/mol. The van der Waals surface area contributed by atoms with Crippen LogP contribution < -0.4 is 21.3 Å². The molecule has 0 aromatic rings. The van der Waals surface area contributed by atoms with Gasteiger partial charge in [0.1, 0.15) is 12.1 Å². The van der Waals surface area contributed by atoms with Crippen LogP contribution in [-0.2, 0) is 19.2 Å². The highest BCUT2D eigenvalue weighted by atomic mass is 16.2. The second-order valence-electron chi connectivity index (χ2n) is 13.4. The van der Waals surface area contributed by atoms with Crippen molar-refractivity contribution in [2.75, 3.05) is 13.1 Å². The predicted molar refractivity (Wildman–Crippen MR) is 169 cm³/mol. The van der Waals surface area contributed by atoms with Crippen molar-refractivity contribution in [1.82, 2.24) is 26.2 Å². The van der Waals surface area contributed by atoms with Gasteiger partial charge >= 0.3 is 6.03 Å². The predicted octanol–water partition coefficient (Wildman–Crippen LogP) is 3.78. The number of carbonyl (C=O) groups is 5. The number of amides is 5. The lowest BCUT2D eigenvalue weighted by molar-refractivity contribution is -0.145. The largest absolute Gasteiger partial charge is 0.349 e. The first-order valence-corrected chi connectivity index (χ1v) is 15.5. The minimum atomic E-state index is -1.09. The smallest absolute Gasteiger partial charge is 0.315 e. The quantitative estimate of drug-likeness (QED) is 0.129. The van der Waals surface area contributed by atoms with E-state index in [1.54, 1.807) is 18.2 Å². The first-order chi connectivity index (χ1) is 20.2. The zero-order valence-electron chi connectivity index (χ0n) is 26.8.